The lowest BCUT2D eigenvalue weighted by Gasteiger charge is -2.04. The molecule has 18 heavy (non-hydrogen) atoms. The van der Waals surface area contributed by atoms with Crippen molar-refractivity contribution >= 4 is 59.2 Å². The highest BCUT2D eigenvalue weighted by atomic mass is 79.9. The highest BCUT2D eigenvalue weighted by Gasteiger charge is 2.18. The quantitative estimate of drug-likeness (QED) is 0.717. The van der Waals surface area contributed by atoms with Gasteiger partial charge in [-0.1, -0.05) is 0 Å². The maximum absolute atomic E-state index is 11.8. The number of halogens is 2. The van der Waals surface area contributed by atoms with Crippen LogP contribution in [0.1, 0.15) is 13.3 Å². The maximum atomic E-state index is 11.8. The molecule has 1 rings (SSSR count). The van der Waals surface area contributed by atoms with Crippen molar-refractivity contribution in [3.8, 4) is 0 Å². The van der Waals surface area contributed by atoms with Crippen LogP contribution in [0.3, 0.4) is 0 Å². The van der Waals surface area contributed by atoms with Crippen LogP contribution in [-0.2, 0) is 19.6 Å². The van der Waals surface area contributed by atoms with E-state index in [2.05, 4.69) is 36.6 Å². The average molecular weight is 421 g/mol. The molecular formula is C9H11Br2NO4S2. The zero-order valence-electron chi connectivity index (χ0n) is 9.40. The number of hydrogen-bond donors (Lipinski definition) is 1. The smallest absolute Gasteiger partial charge is 0.307 e. The molecule has 0 spiro atoms. The molecule has 0 unspecified atom stereocenters. The van der Waals surface area contributed by atoms with Crippen molar-refractivity contribution in [2.45, 2.75) is 17.6 Å². The SMILES string of the molecule is CCOC(=O)CCNS(=O)(=O)c1cc(Br)c(Br)s1. The first-order valence-electron chi connectivity index (χ1n) is 4.97. The molecule has 1 heterocycles. The summed E-state index contributed by atoms with van der Waals surface area (Å²) >= 11 is 7.54. The van der Waals surface area contributed by atoms with Gasteiger partial charge >= 0.3 is 5.97 Å². The van der Waals surface area contributed by atoms with E-state index in [4.69, 9.17) is 4.74 Å². The number of rotatable bonds is 6. The van der Waals surface area contributed by atoms with Crippen LogP contribution in [0.25, 0.3) is 0 Å². The van der Waals surface area contributed by atoms with Crippen LogP contribution in [0.2, 0.25) is 0 Å². The number of carbonyl (C=O) groups is 1. The third-order valence-electron chi connectivity index (χ3n) is 1.81. The predicted octanol–water partition coefficient (Wildman–Crippen LogP) is 2.50. The van der Waals surface area contributed by atoms with E-state index in [9.17, 15) is 13.2 Å². The summed E-state index contributed by atoms with van der Waals surface area (Å²) in [6, 6.07) is 1.50. The second-order valence-electron chi connectivity index (χ2n) is 3.14. The second-order valence-corrected chi connectivity index (χ2v) is 8.36. The first kappa shape index (κ1) is 16.1. The van der Waals surface area contributed by atoms with Gasteiger partial charge in [0.25, 0.3) is 0 Å². The van der Waals surface area contributed by atoms with Gasteiger partial charge in [-0.05, 0) is 44.8 Å². The van der Waals surface area contributed by atoms with Crippen LogP contribution < -0.4 is 4.72 Å². The van der Waals surface area contributed by atoms with Crippen molar-refractivity contribution in [1.82, 2.24) is 4.72 Å². The molecule has 102 valence electrons. The van der Waals surface area contributed by atoms with Gasteiger partial charge in [-0.3, -0.25) is 4.79 Å². The minimum absolute atomic E-state index is 0.0147. The van der Waals surface area contributed by atoms with Gasteiger partial charge in [-0.2, -0.15) is 0 Å². The predicted molar refractivity (Wildman–Crippen MR) is 76.2 cm³/mol. The first-order valence-corrected chi connectivity index (χ1v) is 8.85. The summed E-state index contributed by atoms with van der Waals surface area (Å²) in [6.45, 7) is 2.01. The molecule has 1 aromatic rings. The first-order chi connectivity index (χ1) is 8.36. The summed E-state index contributed by atoms with van der Waals surface area (Å²) in [5.74, 6) is -0.422. The molecule has 9 heteroatoms. The molecule has 0 radical (unpaired) electrons. The van der Waals surface area contributed by atoms with Gasteiger partial charge in [0, 0.05) is 11.0 Å². The Bertz CT molecular complexity index is 507. The summed E-state index contributed by atoms with van der Waals surface area (Å²) < 4.78 is 32.3. The average Bonchev–Trinajstić information content (AvgIpc) is 2.60. The highest BCUT2D eigenvalue weighted by molar-refractivity contribution is 9.13. The molecule has 0 aliphatic carbocycles. The summed E-state index contributed by atoms with van der Waals surface area (Å²) in [5, 5.41) is 0. The third-order valence-corrected chi connectivity index (χ3v) is 7.00. The van der Waals surface area contributed by atoms with Crippen molar-refractivity contribution in [1.29, 1.82) is 0 Å². The number of thiophene rings is 1. The van der Waals surface area contributed by atoms with Crippen LogP contribution in [0, 0.1) is 0 Å². The minimum Gasteiger partial charge on any atom is -0.466 e. The fraction of sp³-hybridized carbons (Fsp3) is 0.444. The Balaban J connectivity index is 2.58. The van der Waals surface area contributed by atoms with Gasteiger partial charge in [-0.25, -0.2) is 13.1 Å². The molecule has 1 aromatic heterocycles. The van der Waals surface area contributed by atoms with E-state index < -0.39 is 16.0 Å². The van der Waals surface area contributed by atoms with E-state index in [1.807, 2.05) is 0 Å². The standard InChI is InChI=1S/C9H11Br2NO4S2/c1-2-16-7(13)3-4-12-18(14,15)8-5-6(10)9(11)17-8/h5,12H,2-4H2,1H3. The van der Waals surface area contributed by atoms with Gasteiger partial charge in [-0.15, -0.1) is 11.3 Å². The monoisotopic (exact) mass is 419 g/mol. The van der Waals surface area contributed by atoms with E-state index in [1.165, 1.54) is 6.07 Å². The van der Waals surface area contributed by atoms with Crippen molar-refractivity contribution in [3.05, 3.63) is 14.3 Å². The lowest BCUT2D eigenvalue weighted by atomic mass is 10.4. The number of esters is 1. The minimum atomic E-state index is -3.57. The summed E-state index contributed by atoms with van der Waals surface area (Å²) in [5.41, 5.74) is 0. The molecule has 0 aliphatic rings. The Morgan fingerprint density at radius 2 is 2.17 bits per heavy atom. The molecule has 0 fully saturated rings. The molecule has 0 saturated carbocycles. The molecule has 0 amide bonds. The molecule has 0 atom stereocenters. The maximum Gasteiger partial charge on any atom is 0.307 e. The highest BCUT2D eigenvalue weighted by Crippen LogP contribution is 2.34. The lowest BCUT2D eigenvalue weighted by molar-refractivity contribution is -0.142. The lowest BCUT2D eigenvalue weighted by Crippen LogP contribution is -2.26. The van der Waals surface area contributed by atoms with E-state index in [0.29, 0.717) is 8.26 Å². The summed E-state index contributed by atoms with van der Waals surface area (Å²) in [6.07, 6.45) is 0.0147. The van der Waals surface area contributed by atoms with E-state index in [-0.39, 0.29) is 23.8 Å². The van der Waals surface area contributed by atoms with Crippen molar-refractivity contribution < 1.29 is 17.9 Å². The Hall–Kier alpha value is 0.0400. The molecule has 0 aromatic carbocycles. The number of hydrogen-bond acceptors (Lipinski definition) is 5. The Morgan fingerprint density at radius 3 is 2.67 bits per heavy atom. The topological polar surface area (TPSA) is 72.5 Å². The fourth-order valence-corrected chi connectivity index (χ4v) is 4.95. The molecule has 5 nitrogen and oxygen atoms in total. The van der Waals surface area contributed by atoms with E-state index in [0.717, 1.165) is 11.3 Å². The van der Waals surface area contributed by atoms with Gasteiger partial charge in [0.05, 0.1) is 16.8 Å². The number of carbonyl (C=O) groups excluding carboxylic acids is 1. The largest absolute Gasteiger partial charge is 0.466 e. The zero-order chi connectivity index (χ0) is 13.8. The van der Waals surface area contributed by atoms with Crippen LogP contribution >= 0.6 is 43.2 Å². The van der Waals surface area contributed by atoms with Crippen molar-refractivity contribution in [3.63, 3.8) is 0 Å². The van der Waals surface area contributed by atoms with E-state index >= 15 is 0 Å². The zero-order valence-corrected chi connectivity index (χ0v) is 14.2. The van der Waals surface area contributed by atoms with Crippen LogP contribution in [0.15, 0.2) is 18.5 Å². The van der Waals surface area contributed by atoms with Gasteiger partial charge in [0.2, 0.25) is 10.0 Å². The van der Waals surface area contributed by atoms with Crippen LogP contribution in [0.4, 0.5) is 0 Å². The van der Waals surface area contributed by atoms with E-state index in [1.54, 1.807) is 6.92 Å². The molecular weight excluding hydrogens is 410 g/mol. The normalized spacial score (nSPS) is 11.5. The molecule has 0 aliphatic heterocycles. The molecule has 0 bridgehead atoms. The van der Waals surface area contributed by atoms with Crippen molar-refractivity contribution in [2.75, 3.05) is 13.2 Å². The number of sulfonamides is 1. The van der Waals surface area contributed by atoms with Gasteiger partial charge in [0.1, 0.15) is 4.21 Å². The summed E-state index contributed by atoms with van der Waals surface area (Å²) in [4.78, 5) is 11.1. The Morgan fingerprint density at radius 1 is 1.50 bits per heavy atom. The fourth-order valence-electron chi connectivity index (χ4n) is 1.05. The number of ether oxygens (including phenoxy) is 1. The van der Waals surface area contributed by atoms with Gasteiger partial charge < -0.3 is 4.74 Å². The van der Waals surface area contributed by atoms with Crippen LogP contribution in [-0.4, -0.2) is 27.5 Å². The van der Waals surface area contributed by atoms with Crippen LogP contribution in [0.5, 0.6) is 0 Å². The summed E-state index contributed by atoms with van der Waals surface area (Å²) in [7, 11) is -3.57. The molecule has 1 N–H and O–H groups in total. The Kier molecular flexibility index (Phi) is 6.25. The second kappa shape index (κ2) is 6.99. The van der Waals surface area contributed by atoms with Crippen molar-refractivity contribution in [2.24, 2.45) is 0 Å². The number of nitrogens with one attached hydrogen (secondary N) is 1. The molecule has 0 saturated heterocycles. The third kappa shape index (κ3) is 4.61. The Labute approximate surface area is 126 Å². The van der Waals surface area contributed by atoms with Gasteiger partial charge in [0.15, 0.2) is 0 Å².